The molecule has 0 heterocycles. The summed E-state index contributed by atoms with van der Waals surface area (Å²) < 4.78 is 0. The first-order valence-corrected chi connectivity index (χ1v) is 15.2. The van der Waals surface area contributed by atoms with E-state index in [2.05, 4.69) is 41.5 Å². The van der Waals surface area contributed by atoms with Gasteiger partial charge in [0.05, 0.1) is 0 Å². The predicted molar refractivity (Wildman–Crippen MR) is 174 cm³/mol. The summed E-state index contributed by atoms with van der Waals surface area (Å²) in [5.74, 6) is 1.86. The van der Waals surface area contributed by atoms with Gasteiger partial charge >= 0.3 is 0 Å². The van der Waals surface area contributed by atoms with Gasteiger partial charge in [-0.1, -0.05) is 104 Å². The SMILES string of the molecule is CC(C)c1ccc(O)c(C(C)c2cc(C(C)C)ccc2O)c1.CCc1ccc(O)c(C(C)c2cc(CC)ccc2O)c1. The van der Waals surface area contributed by atoms with E-state index >= 15 is 0 Å². The van der Waals surface area contributed by atoms with E-state index in [1.165, 1.54) is 22.3 Å². The zero-order valence-corrected chi connectivity index (χ0v) is 26.4. The molecule has 0 aliphatic rings. The van der Waals surface area contributed by atoms with Gasteiger partial charge in [0.25, 0.3) is 0 Å². The van der Waals surface area contributed by atoms with Crippen LogP contribution in [0.3, 0.4) is 0 Å². The number of rotatable bonds is 8. The van der Waals surface area contributed by atoms with Crippen LogP contribution in [-0.2, 0) is 12.8 Å². The van der Waals surface area contributed by atoms with Gasteiger partial charge in [0.2, 0.25) is 0 Å². The van der Waals surface area contributed by atoms with Crippen LogP contribution in [0.2, 0.25) is 0 Å². The maximum Gasteiger partial charge on any atom is 0.119 e. The highest BCUT2D eigenvalue weighted by Gasteiger charge is 2.19. The van der Waals surface area contributed by atoms with Gasteiger partial charge in [-0.25, -0.2) is 0 Å². The molecule has 0 radical (unpaired) electrons. The molecule has 4 nitrogen and oxygen atoms in total. The van der Waals surface area contributed by atoms with Gasteiger partial charge in [0.1, 0.15) is 23.0 Å². The van der Waals surface area contributed by atoms with E-state index in [9.17, 15) is 20.4 Å². The number of benzene rings is 4. The molecule has 0 atom stereocenters. The fourth-order valence-electron chi connectivity index (χ4n) is 5.23. The van der Waals surface area contributed by atoms with Crippen molar-refractivity contribution in [3.63, 3.8) is 0 Å². The molecule has 4 heteroatoms. The third-order valence-corrected chi connectivity index (χ3v) is 8.30. The predicted octanol–water partition coefficient (Wildman–Crippen LogP) is 9.87. The minimum Gasteiger partial charge on any atom is -0.508 e. The smallest absolute Gasteiger partial charge is 0.119 e. The van der Waals surface area contributed by atoms with Crippen LogP contribution in [0.1, 0.15) is 124 Å². The van der Waals surface area contributed by atoms with Crippen LogP contribution in [0.5, 0.6) is 23.0 Å². The summed E-state index contributed by atoms with van der Waals surface area (Å²) in [4.78, 5) is 0. The summed E-state index contributed by atoms with van der Waals surface area (Å²) in [6, 6.07) is 22.9. The van der Waals surface area contributed by atoms with E-state index in [1.54, 1.807) is 24.3 Å². The maximum absolute atomic E-state index is 10.2. The molecule has 0 aliphatic heterocycles. The van der Waals surface area contributed by atoms with Gasteiger partial charge in [0, 0.05) is 34.1 Å². The van der Waals surface area contributed by atoms with E-state index in [4.69, 9.17) is 0 Å². The maximum atomic E-state index is 10.2. The van der Waals surface area contributed by atoms with Gasteiger partial charge in [0.15, 0.2) is 0 Å². The number of hydrogen-bond donors (Lipinski definition) is 4. The number of aromatic hydroxyl groups is 4. The summed E-state index contributed by atoms with van der Waals surface area (Å²) in [5.41, 5.74) is 8.23. The zero-order chi connectivity index (χ0) is 31.1. The molecule has 0 fully saturated rings. The van der Waals surface area contributed by atoms with Crippen molar-refractivity contribution in [2.24, 2.45) is 0 Å². The third kappa shape index (κ3) is 7.67. The lowest BCUT2D eigenvalue weighted by atomic mass is 9.87. The summed E-state index contributed by atoms with van der Waals surface area (Å²) in [6.45, 7) is 16.8. The lowest BCUT2D eigenvalue weighted by molar-refractivity contribution is 0.455. The molecule has 0 aliphatic carbocycles. The number of phenols is 4. The fourth-order valence-corrected chi connectivity index (χ4v) is 5.23. The molecule has 0 aromatic heterocycles. The summed E-state index contributed by atoms with van der Waals surface area (Å²) in [7, 11) is 0. The Bertz CT molecular complexity index is 1370. The topological polar surface area (TPSA) is 80.9 Å². The van der Waals surface area contributed by atoms with Crippen molar-refractivity contribution >= 4 is 0 Å². The molecular weight excluding hydrogens is 520 g/mol. The number of phenolic OH excluding ortho intramolecular Hbond substituents is 4. The molecule has 0 spiro atoms. The molecule has 4 aromatic rings. The van der Waals surface area contributed by atoms with Crippen LogP contribution in [0.15, 0.2) is 72.8 Å². The van der Waals surface area contributed by atoms with Crippen molar-refractivity contribution in [3.8, 4) is 23.0 Å². The Labute approximate surface area is 252 Å². The lowest BCUT2D eigenvalue weighted by Gasteiger charge is -2.19. The molecule has 4 N–H and O–H groups in total. The molecule has 0 saturated heterocycles. The second kappa shape index (κ2) is 14.3. The van der Waals surface area contributed by atoms with E-state index in [1.807, 2.05) is 62.4 Å². The van der Waals surface area contributed by atoms with Crippen molar-refractivity contribution in [1.82, 2.24) is 0 Å². The highest BCUT2D eigenvalue weighted by atomic mass is 16.3. The Morgan fingerprint density at radius 1 is 0.429 bits per heavy atom. The minimum atomic E-state index is -0.0580. The van der Waals surface area contributed by atoms with Crippen molar-refractivity contribution < 1.29 is 20.4 Å². The van der Waals surface area contributed by atoms with Gasteiger partial charge in [-0.3, -0.25) is 0 Å². The highest BCUT2D eigenvalue weighted by Crippen LogP contribution is 2.39. The van der Waals surface area contributed by atoms with Crippen LogP contribution in [0, 0.1) is 0 Å². The molecule has 0 unspecified atom stereocenters. The first kappa shape index (κ1) is 32.6. The molecule has 0 bridgehead atoms. The van der Waals surface area contributed by atoms with E-state index in [0.717, 1.165) is 35.1 Å². The molecule has 224 valence electrons. The monoisotopic (exact) mass is 568 g/mol. The Balaban J connectivity index is 0.000000231. The molecule has 0 saturated carbocycles. The van der Waals surface area contributed by atoms with Gasteiger partial charge in [-0.2, -0.15) is 0 Å². The summed E-state index contributed by atoms with van der Waals surface area (Å²) in [5, 5.41) is 40.7. The standard InChI is InChI=1S/C20H26O2.C18H22O2/c1-12(2)15-6-8-19(21)17(10-15)14(5)18-11-16(13(3)4)7-9-20(18)22;1-4-13-6-8-17(19)15(10-13)12(3)16-11-14(5-2)7-9-18(16)20/h6-14,21-22H,1-5H3;6-12,19-20H,4-5H2,1-3H3. The lowest BCUT2D eigenvalue weighted by Crippen LogP contribution is -2.01. The second-order valence-electron chi connectivity index (χ2n) is 11.9. The fraction of sp³-hybridized carbons (Fsp3) is 0.368. The minimum absolute atomic E-state index is 0.0343. The van der Waals surface area contributed by atoms with Crippen molar-refractivity contribution in [1.29, 1.82) is 0 Å². The van der Waals surface area contributed by atoms with Crippen LogP contribution >= 0.6 is 0 Å². The average Bonchev–Trinajstić information content (AvgIpc) is 2.97. The Morgan fingerprint density at radius 2 is 0.714 bits per heavy atom. The third-order valence-electron chi connectivity index (χ3n) is 8.30. The van der Waals surface area contributed by atoms with Crippen LogP contribution in [0.4, 0.5) is 0 Å². The summed E-state index contributed by atoms with van der Waals surface area (Å²) >= 11 is 0. The van der Waals surface area contributed by atoms with Crippen LogP contribution in [0.25, 0.3) is 0 Å². The van der Waals surface area contributed by atoms with E-state index in [-0.39, 0.29) is 34.8 Å². The molecule has 42 heavy (non-hydrogen) atoms. The number of hydrogen-bond acceptors (Lipinski definition) is 4. The average molecular weight is 569 g/mol. The van der Waals surface area contributed by atoms with E-state index in [0.29, 0.717) is 11.8 Å². The molecule has 0 amide bonds. The van der Waals surface area contributed by atoms with Crippen molar-refractivity contribution in [2.45, 2.75) is 91.9 Å². The summed E-state index contributed by atoms with van der Waals surface area (Å²) in [6.07, 6.45) is 1.86. The van der Waals surface area contributed by atoms with E-state index < -0.39 is 0 Å². The van der Waals surface area contributed by atoms with Crippen LogP contribution in [-0.4, -0.2) is 20.4 Å². The second-order valence-corrected chi connectivity index (χ2v) is 11.9. The normalized spacial score (nSPS) is 11.3. The van der Waals surface area contributed by atoms with Crippen LogP contribution < -0.4 is 0 Å². The molecule has 4 aromatic carbocycles. The van der Waals surface area contributed by atoms with Gasteiger partial charge in [-0.15, -0.1) is 0 Å². The molecular formula is C38H48O4. The van der Waals surface area contributed by atoms with Gasteiger partial charge in [-0.05, 0) is 71.2 Å². The first-order chi connectivity index (χ1) is 19.9. The quantitative estimate of drug-likeness (QED) is 0.170. The number of aryl methyl sites for hydroxylation is 2. The van der Waals surface area contributed by atoms with Crippen molar-refractivity contribution in [2.75, 3.05) is 0 Å². The van der Waals surface area contributed by atoms with Gasteiger partial charge < -0.3 is 20.4 Å². The first-order valence-electron chi connectivity index (χ1n) is 15.2. The Hall–Kier alpha value is -3.92. The Morgan fingerprint density at radius 3 is 1.00 bits per heavy atom. The largest absolute Gasteiger partial charge is 0.508 e. The zero-order valence-electron chi connectivity index (χ0n) is 26.4. The Kier molecular flexibility index (Phi) is 11.1. The highest BCUT2D eigenvalue weighted by molar-refractivity contribution is 5.50. The van der Waals surface area contributed by atoms with Crippen molar-refractivity contribution in [3.05, 3.63) is 117 Å². The molecule has 4 rings (SSSR count).